The van der Waals surface area contributed by atoms with Crippen LogP contribution in [0.5, 0.6) is 0 Å². The molecule has 2 nitrogen and oxygen atoms in total. The minimum absolute atomic E-state index is 0.0688. The molecule has 0 aromatic heterocycles. The van der Waals surface area contributed by atoms with E-state index in [4.69, 9.17) is 0 Å². The highest BCUT2D eigenvalue weighted by atomic mass is 15.1. The fourth-order valence-electron chi connectivity index (χ4n) is 12.0. The molecular formula is C66H68N2. The summed E-state index contributed by atoms with van der Waals surface area (Å²) in [7, 11) is 0. The third-order valence-electron chi connectivity index (χ3n) is 15.7. The Morgan fingerprint density at radius 3 is 1.01 bits per heavy atom. The first-order chi connectivity index (χ1) is 33.0. The molecule has 0 spiro atoms. The van der Waals surface area contributed by atoms with Crippen LogP contribution < -0.4 is 9.80 Å². The number of rotatable bonds is 8. The first-order valence-corrected chi connectivity index (χ1v) is 25.8. The molecule has 2 aliphatic carbocycles. The molecule has 2 aliphatic rings. The highest BCUT2D eigenvalue weighted by molar-refractivity contribution is 6.09. The van der Waals surface area contributed by atoms with E-state index in [9.17, 15) is 0 Å². The van der Waals surface area contributed by atoms with Crippen LogP contribution in [0.3, 0.4) is 0 Å². The van der Waals surface area contributed by atoms with Crippen LogP contribution in [0.1, 0.15) is 140 Å². The van der Waals surface area contributed by atoms with Gasteiger partial charge in [0.05, 0.1) is 0 Å². The average Bonchev–Trinajstić information content (AvgIpc) is 3.36. The zero-order valence-corrected chi connectivity index (χ0v) is 41.3. The van der Waals surface area contributed by atoms with E-state index in [0.717, 1.165) is 0 Å². The van der Waals surface area contributed by atoms with Gasteiger partial charge in [-0.05, 0) is 186 Å². The molecule has 68 heavy (non-hydrogen) atoms. The molecule has 9 aromatic carbocycles. The second-order valence-electron chi connectivity index (χ2n) is 22.3. The molecule has 0 unspecified atom stereocenters. The van der Waals surface area contributed by atoms with E-state index in [-0.39, 0.29) is 10.8 Å². The minimum atomic E-state index is 0.0688. The van der Waals surface area contributed by atoms with E-state index in [1.54, 1.807) is 11.1 Å². The summed E-state index contributed by atoms with van der Waals surface area (Å²) < 4.78 is 0. The fraction of sp³-hybridized carbons (Fsp3) is 0.303. The van der Waals surface area contributed by atoms with Gasteiger partial charge in [-0.15, -0.1) is 0 Å². The van der Waals surface area contributed by atoms with Crippen molar-refractivity contribution in [3.8, 4) is 0 Å². The molecule has 0 N–H and O–H groups in total. The smallest absolute Gasteiger partial charge is 0.0468 e. The van der Waals surface area contributed by atoms with Crippen LogP contribution in [-0.2, 0) is 10.8 Å². The van der Waals surface area contributed by atoms with Gasteiger partial charge in [0.1, 0.15) is 0 Å². The van der Waals surface area contributed by atoms with Gasteiger partial charge in [-0.25, -0.2) is 0 Å². The predicted octanol–water partition coefficient (Wildman–Crippen LogP) is 19.9. The number of benzene rings is 9. The highest BCUT2D eigenvalue weighted by Crippen LogP contribution is 2.51. The summed E-state index contributed by atoms with van der Waals surface area (Å²) in [5.74, 6) is 1.02. The molecule has 0 amide bonds. The van der Waals surface area contributed by atoms with E-state index < -0.39 is 0 Å². The lowest BCUT2D eigenvalue weighted by molar-refractivity contribution is 0.445. The summed E-state index contributed by atoms with van der Waals surface area (Å²) in [4.78, 5) is 5.04. The van der Waals surface area contributed by atoms with Gasteiger partial charge in [-0.2, -0.15) is 0 Å². The zero-order valence-electron chi connectivity index (χ0n) is 41.3. The zero-order chi connectivity index (χ0) is 46.6. The number of hydrogen-bond acceptors (Lipinski definition) is 2. The second-order valence-corrected chi connectivity index (χ2v) is 22.3. The fourth-order valence-corrected chi connectivity index (χ4v) is 12.0. The van der Waals surface area contributed by atoms with Crippen LogP contribution in [0.4, 0.5) is 34.1 Å². The SMILES string of the molecule is CC(C)(C)c1ccc(N(c2ccc3ccccc3c2)c2ccc3c(C4CCCCC4)c4ccc(N(c5ccc(C(C)(C)C)cc5)c5ccc6ccccc6c5)cc4c(C4CCCCC4)c3c2)cc1. The Hall–Kier alpha value is -6.38. The topological polar surface area (TPSA) is 6.48 Å². The van der Waals surface area contributed by atoms with Crippen molar-refractivity contribution in [1.29, 1.82) is 0 Å². The van der Waals surface area contributed by atoms with E-state index in [1.165, 1.54) is 153 Å². The molecule has 0 heterocycles. The Labute approximate surface area is 405 Å². The van der Waals surface area contributed by atoms with Crippen molar-refractivity contribution in [1.82, 2.24) is 0 Å². The van der Waals surface area contributed by atoms with Crippen LogP contribution in [0.15, 0.2) is 170 Å². The van der Waals surface area contributed by atoms with Crippen molar-refractivity contribution in [2.45, 2.75) is 128 Å². The van der Waals surface area contributed by atoms with Crippen LogP contribution in [-0.4, -0.2) is 0 Å². The lowest BCUT2D eigenvalue weighted by Gasteiger charge is -2.32. The van der Waals surface area contributed by atoms with Crippen molar-refractivity contribution in [3.63, 3.8) is 0 Å². The van der Waals surface area contributed by atoms with Gasteiger partial charge < -0.3 is 9.80 Å². The van der Waals surface area contributed by atoms with Gasteiger partial charge >= 0.3 is 0 Å². The van der Waals surface area contributed by atoms with Gasteiger partial charge in [0.15, 0.2) is 0 Å². The second kappa shape index (κ2) is 17.9. The number of fused-ring (bicyclic) bond motifs is 4. The van der Waals surface area contributed by atoms with Gasteiger partial charge in [-0.3, -0.25) is 0 Å². The minimum Gasteiger partial charge on any atom is -0.310 e. The maximum absolute atomic E-state index is 2.61. The molecule has 11 rings (SSSR count). The average molecular weight is 889 g/mol. The quantitative estimate of drug-likeness (QED) is 0.140. The first kappa shape index (κ1) is 44.1. The van der Waals surface area contributed by atoms with E-state index in [0.29, 0.717) is 11.8 Å². The molecule has 342 valence electrons. The predicted molar refractivity (Wildman–Crippen MR) is 295 cm³/mol. The standard InChI is InChI=1S/C66H68N2/c1-65(2,3)51-27-33-53(34-28-51)67(55-31-25-45-17-13-15-23-49(45)41-55)57-37-39-59-61(43-57)64(48-21-11-8-12-22-48)62-44-58(38-40-60(62)63(59)47-19-9-7-10-20-47)68(54-35-29-52(30-36-54)66(4,5)6)56-32-26-46-18-14-16-24-50(46)42-56/h13-18,23-44,47-48H,7-12,19-22H2,1-6H3. The number of nitrogens with zero attached hydrogens (tertiary/aromatic N) is 2. The Morgan fingerprint density at radius 1 is 0.309 bits per heavy atom. The maximum atomic E-state index is 2.61. The van der Waals surface area contributed by atoms with Crippen molar-refractivity contribution in [3.05, 3.63) is 192 Å². The molecule has 0 atom stereocenters. The third kappa shape index (κ3) is 8.46. The molecule has 2 fully saturated rings. The summed E-state index contributed by atoms with van der Waals surface area (Å²) in [6, 6.07) is 65.5. The summed E-state index contributed by atoms with van der Waals surface area (Å²) >= 11 is 0. The first-order valence-electron chi connectivity index (χ1n) is 25.8. The van der Waals surface area contributed by atoms with Crippen molar-refractivity contribution in [2.75, 3.05) is 9.80 Å². The summed E-state index contributed by atoms with van der Waals surface area (Å²) in [5.41, 5.74) is 13.1. The molecular weight excluding hydrogens is 821 g/mol. The Kier molecular flexibility index (Phi) is 11.6. The molecule has 0 bridgehead atoms. The number of anilines is 6. The van der Waals surface area contributed by atoms with E-state index in [1.807, 2.05) is 0 Å². The number of hydrogen-bond donors (Lipinski definition) is 0. The largest absolute Gasteiger partial charge is 0.310 e. The Bertz CT molecular complexity index is 3060. The normalized spacial score (nSPS) is 15.4. The highest BCUT2D eigenvalue weighted by Gasteiger charge is 2.29. The van der Waals surface area contributed by atoms with E-state index in [2.05, 4.69) is 221 Å². The lowest BCUT2D eigenvalue weighted by Crippen LogP contribution is -2.14. The van der Waals surface area contributed by atoms with Crippen LogP contribution >= 0.6 is 0 Å². The molecule has 9 aromatic rings. The molecule has 2 heteroatoms. The Morgan fingerprint density at radius 2 is 0.632 bits per heavy atom. The van der Waals surface area contributed by atoms with Gasteiger partial charge in [-0.1, -0.05) is 177 Å². The summed E-state index contributed by atoms with van der Waals surface area (Å²) in [6.45, 7) is 13.8. The van der Waals surface area contributed by atoms with Gasteiger partial charge in [0, 0.05) is 34.1 Å². The van der Waals surface area contributed by atoms with Crippen LogP contribution in [0, 0.1) is 0 Å². The molecule has 0 aliphatic heterocycles. The van der Waals surface area contributed by atoms with Gasteiger partial charge in [0.25, 0.3) is 0 Å². The third-order valence-corrected chi connectivity index (χ3v) is 15.7. The van der Waals surface area contributed by atoms with Crippen LogP contribution in [0.2, 0.25) is 0 Å². The van der Waals surface area contributed by atoms with E-state index >= 15 is 0 Å². The summed E-state index contributed by atoms with van der Waals surface area (Å²) in [5, 5.41) is 10.9. The Balaban J connectivity index is 1.18. The monoisotopic (exact) mass is 889 g/mol. The van der Waals surface area contributed by atoms with Crippen molar-refractivity contribution in [2.24, 2.45) is 0 Å². The molecule has 0 saturated heterocycles. The van der Waals surface area contributed by atoms with Crippen LogP contribution in [0.25, 0.3) is 43.1 Å². The molecule has 0 radical (unpaired) electrons. The molecule has 2 saturated carbocycles. The van der Waals surface area contributed by atoms with Crippen molar-refractivity contribution < 1.29 is 0 Å². The van der Waals surface area contributed by atoms with Gasteiger partial charge in [0.2, 0.25) is 0 Å². The van der Waals surface area contributed by atoms with Crippen molar-refractivity contribution >= 4 is 77.2 Å². The summed E-state index contributed by atoms with van der Waals surface area (Å²) in [6.07, 6.45) is 12.8. The maximum Gasteiger partial charge on any atom is 0.0468 e. The lowest BCUT2D eigenvalue weighted by atomic mass is 9.74.